The summed E-state index contributed by atoms with van der Waals surface area (Å²) in [7, 11) is -3.52. The fourth-order valence-electron chi connectivity index (χ4n) is 3.77. The van der Waals surface area contributed by atoms with E-state index in [4.69, 9.17) is 0 Å². The maximum absolute atomic E-state index is 12.4. The minimum Gasteiger partial charge on any atom is -0.369 e. The van der Waals surface area contributed by atoms with Crippen molar-refractivity contribution in [2.24, 2.45) is 0 Å². The molecule has 0 bridgehead atoms. The summed E-state index contributed by atoms with van der Waals surface area (Å²) in [6, 6.07) is 14.0. The number of nitrogens with zero attached hydrogens (tertiary/aromatic N) is 3. The fourth-order valence-corrected chi connectivity index (χ4v) is 5.22. The molecule has 1 fully saturated rings. The highest BCUT2D eigenvalue weighted by Crippen LogP contribution is 2.18. The van der Waals surface area contributed by atoms with Gasteiger partial charge in [0.05, 0.1) is 10.7 Å². The third-order valence-electron chi connectivity index (χ3n) is 5.50. The summed E-state index contributed by atoms with van der Waals surface area (Å²) in [4.78, 5) is 15.0. The van der Waals surface area contributed by atoms with E-state index in [0.29, 0.717) is 5.56 Å². The minimum atomic E-state index is -3.52. The van der Waals surface area contributed by atoms with Gasteiger partial charge in [-0.1, -0.05) is 24.3 Å². The van der Waals surface area contributed by atoms with Crippen molar-refractivity contribution in [2.75, 3.05) is 37.6 Å². The van der Waals surface area contributed by atoms with Crippen LogP contribution in [0.15, 0.2) is 48.5 Å². The van der Waals surface area contributed by atoms with Gasteiger partial charge in [0.2, 0.25) is 10.0 Å². The Kier molecular flexibility index (Phi) is 7.64. The zero-order valence-electron chi connectivity index (χ0n) is 18.0. The second-order valence-corrected chi connectivity index (χ2v) is 9.91. The maximum Gasteiger partial charge on any atom is 0.269 e. The van der Waals surface area contributed by atoms with Crippen LogP contribution in [0.4, 0.5) is 11.4 Å². The maximum atomic E-state index is 12.4. The lowest BCUT2D eigenvalue weighted by Gasteiger charge is -2.36. The molecule has 0 spiro atoms. The van der Waals surface area contributed by atoms with Crippen LogP contribution >= 0.6 is 0 Å². The molecule has 3 rings (SSSR count). The predicted molar refractivity (Wildman–Crippen MR) is 123 cm³/mol. The highest BCUT2D eigenvalue weighted by Gasteiger charge is 2.20. The Morgan fingerprint density at radius 2 is 1.77 bits per heavy atom. The molecule has 1 N–H and O–H groups in total. The van der Waals surface area contributed by atoms with Gasteiger partial charge in [-0.2, -0.15) is 0 Å². The lowest BCUT2D eigenvalue weighted by atomic mass is 10.2. The molecule has 1 heterocycles. The molecule has 31 heavy (non-hydrogen) atoms. The van der Waals surface area contributed by atoms with Crippen LogP contribution in [0.1, 0.15) is 24.5 Å². The van der Waals surface area contributed by atoms with Gasteiger partial charge in [0, 0.05) is 50.0 Å². The molecular weight excluding hydrogens is 416 g/mol. The first kappa shape index (κ1) is 23.2. The van der Waals surface area contributed by atoms with Crippen molar-refractivity contribution in [1.82, 2.24) is 9.62 Å². The molecule has 1 saturated heterocycles. The van der Waals surface area contributed by atoms with E-state index < -0.39 is 14.9 Å². The molecule has 1 aliphatic rings. The Bertz CT molecular complexity index is 987. The number of sulfonamides is 1. The standard InChI is InChI=1S/C22H30N4O4S/c1-18-4-3-5-22(16-18)25-14-12-24(13-15-25)11-10-19(2)23-31(29,30)17-20-6-8-21(9-7-20)26(27)28/h3-9,16,19,23H,10-15,17H2,1-2H3. The van der Waals surface area contributed by atoms with Crippen LogP contribution in [0.3, 0.4) is 0 Å². The summed E-state index contributed by atoms with van der Waals surface area (Å²) in [5.74, 6) is -0.190. The van der Waals surface area contributed by atoms with Crippen molar-refractivity contribution in [3.63, 3.8) is 0 Å². The summed E-state index contributed by atoms with van der Waals surface area (Å²) < 4.78 is 27.6. The number of hydrogen-bond donors (Lipinski definition) is 1. The van der Waals surface area contributed by atoms with E-state index in [9.17, 15) is 18.5 Å². The van der Waals surface area contributed by atoms with Crippen molar-refractivity contribution in [1.29, 1.82) is 0 Å². The second-order valence-electron chi connectivity index (χ2n) is 8.16. The van der Waals surface area contributed by atoms with Crippen molar-refractivity contribution >= 4 is 21.4 Å². The monoisotopic (exact) mass is 446 g/mol. The quantitative estimate of drug-likeness (QED) is 0.470. The number of anilines is 1. The van der Waals surface area contributed by atoms with E-state index in [-0.39, 0.29) is 17.5 Å². The molecule has 2 aromatic rings. The van der Waals surface area contributed by atoms with E-state index in [1.54, 1.807) is 0 Å². The Balaban J connectivity index is 1.42. The Morgan fingerprint density at radius 3 is 2.39 bits per heavy atom. The third-order valence-corrected chi connectivity index (χ3v) is 6.98. The first-order chi connectivity index (χ1) is 14.7. The predicted octanol–water partition coefficient (Wildman–Crippen LogP) is 2.92. The molecule has 168 valence electrons. The molecule has 0 aromatic heterocycles. The van der Waals surface area contributed by atoms with Gasteiger partial charge in [0.25, 0.3) is 5.69 Å². The number of rotatable bonds is 9. The molecular formula is C22H30N4O4S. The molecule has 0 radical (unpaired) electrons. The van der Waals surface area contributed by atoms with Crippen LogP contribution in [-0.2, 0) is 15.8 Å². The van der Waals surface area contributed by atoms with Crippen molar-refractivity contribution in [3.8, 4) is 0 Å². The van der Waals surface area contributed by atoms with E-state index in [1.807, 2.05) is 6.92 Å². The van der Waals surface area contributed by atoms with Crippen LogP contribution in [0.5, 0.6) is 0 Å². The molecule has 9 heteroatoms. The molecule has 1 unspecified atom stereocenters. The van der Waals surface area contributed by atoms with E-state index in [0.717, 1.165) is 39.1 Å². The second kappa shape index (κ2) is 10.2. The first-order valence-electron chi connectivity index (χ1n) is 10.5. The van der Waals surface area contributed by atoms with Gasteiger partial charge >= 0.3 is 0 Å². The number of non-ortho nitro benzene ring substituents is 1. The number of aryl methyl sites for hydroxylation is 1. The van der Waals surface area contributed by atoms with Crippen molar-refractivity contribution < 1.29 is 13.3 Å². The van der Waals surface area contributed by atoms with Crippen molar-refractivity contribution in [2.45, 2.75) is 32.1 Å². The third kappa shape index (κ3) is 7.02. The van der Waals surface area contributed by atoms with Crippen LogP contribution in [0.2, 0.25) is 0 Å². The van der Waals surface area contributed by atoms with E-state index >= 15 is 0 Å². The van der Waals surface area contributed by atoms with E-state index in [2.05, 4.69) is 45.7 Å². The number of benzene rings is 2. The largest absolute Gasteiger partial charge is 0.369 e. The Hall–Kier alpha value is -2.49. The molecule has 0 amide bonds. The highest BCUT2D eigenvalue weighted by atomic mass is 32.2. The first-order valence-corrected chi connectivity index (χ1v) is 12.1. The minimum absolute atomic E-state index is 0.0510. The average molecular weight is 447 g/mol. The highest BCUT2D eigenvalue weighted by molar-refractivity contribution is 7.88. The lowest BCUT2D eigenvalue weighted by molar-refractivity contribution is -0.384. The SMILES string of the molecule is Cc1cccc(N2CCN(CCC(C)NS(=O)(=O)Cc3ccc([N+](=O)[O-])cc3)CC2)c1. The van der Waals surface area contributed by atoms with E-state index in [1.165, 1.54) is 35.5 Å². The Morgan fingerprint density at radius 1 is 1.10 bits per heavy atom. The normalized spacial score (nSPS) is 16.3. The summed E-state index contributed by atoms with van der Waals surface area (Å²) in [5, 5.41) is 10.7. The van der Waals surface area contributed by atoms with Crippen LogP contribution < -0.4 is 9.62 Å². The molecule has 1 atom stereocenters. The van der Waals surface area contributed by atoms with Gasteiger partial charge in [0.1, 0.15) is 0 Å². The summed E-state index contributed by atoms with van der Waals surface area (Å²) >= 11 is 0. The number of hydrogen-bond acceptors (Lipinski definition) is 6. The van der Waals surface area contributed by atoms with Gasteiger partial charge < -0.3 is 4.90 Å². The molecule has 1 aliphatic heterocycles. The fraction of sp³-hybridized carbons (Fsp3) is 0.455. The average Bonchev–Trinajstić information content (AvgIpc) is 2.72. The molecule has 2 aromatic carbocycles. The zero-order chi connectivity index (χ0) is 22.4. The number of piperazine rings is 1. The van der Waals surface area contributed by atoms with Crippen LogP contribution in [0, 0.1) is 17.0 Å². The van der Waals surface area contributed by atoms with Crippen LogP contribution in [-0.4, -0.2) is 57.0 Å². The number of nitro benzene ring substituents is 1. The van der Waals surface area contributed by atoms with Gasteiger partial charge in [0.15, 0.2) is 0 Å². The lowest BCUT2D eigenvalue weighted by Crippen LogP contribution is -2.47. The number of nitro groups is 1. The zero-order valence-corrected chi connectivity index (χ0v) is 18.8. The van der Waals surface area contributed by atoms with Crippen molar-refractivity contribution in [3.05, 3.63) is 69.8 Å². The molecule has 0 aliphatic carbocycles. The van der Waals surface area contributed by atoms with Gasteiger partial charge in [-0.15, -0.1) is 0 Å². The number of nitrogens with one attached hydrogen (secondary N) is 1. The smallest absolute Gasteiger partial charge is 0.269 e. The summed E-state index contributed by atoms with van der Waals surface area (Å²) in [6.07, 6.45) is 0.726. The summed E-state index contributed by atoms with van der Waals surface area (Å²) in [5.41, 5.74) is 2.99. The molecule has 0 saturated carbocycles. The van der Waals surface area contributed by atoms with Gasteiger partial charge in [-0.05, 0) is 50.1 Å². The van der Waals surface area contributed by atoms with Crippen LogP contribution in [0.25, 0.3) is 0 Å². The Labute approximate surface area is 184 Å². The van der Waals surface area contributed by atoms with Gasteiger partial charge in [-0.25, -0.2) is 13.1 Å². The summed E-state index contributed by atoms with van der Waals surface area (Å²) in [6.45, 7) is 8.64. The molecule has 8 nitrogen and oxygen atoms in total. The topological polar surface area (TPSA) is 95.8 Å². The van der Waals surface area contributed by atoms with Gasteiger partial charge in [-0.3, -0.25) is 15.0 Å².